The maximum absolute atomic E-state index is 14.0. The van der Waals surface area contributed by atoms with Crippen molar-refractivity contribution < 1.29 is 14.3 Å². The second-order valence-corrected chi connectivity index (χ2v) is 4.81. The molecule has 100 valence electrons. The summed E-state index contributed by atoms with van der Waals surface area (Å²) >= 11 is 2.94. The number of hydrogen-bond donors (Lipinski definition) is 2. The number of halogens is 2. The van der Waals surface area contributed by atoms with Crippen LogP contribution in [0.3, 0.4) is 0 Å². The largest absolute Gasteiger partial charge is 0.478 e. The minimum atomic E-state index is -1.19. The zero-order valence-electron chi connectivity index (χ0n) is 10.2. The van der Waals surface area contributed by atoms with Crippen LogP contribution in [0.5, 0.6) is 0 Å². The monoisotopic (exact) mass is 327 g/mol. The molecular weight excluding hydrogens is 317 g/mol. The number of benzene rings is 1. The van der Waals surface area contributed by atoms with Crippen molar-refractivity contribution in [2.75, 3.05) is 5.32 Å². The number of nitrogens with zero attached hydrogens (tertiary/aromatic N) is 2. The van der Waals surface area contributed by atoms with Gasteiger partial charge in [0.15, 0.2) is 11.6 Å². The van der Waals surface area contributed by atoms with Gasteiger partial charge in [0.25, 0.3) is 0 Å². The molecule has 0 radical (unpaired) electrons. The van der Waals surface area contributed by atoms with Gasteiger partial charge in [0.05, 0.1) is 15.7 Å². The van der Waals surface area contributed by atoms with Gasteiger partial charge in [-0.3, -0.25) is 4.68 Å². The van der Waals surface area contributed by atoms with Crippen molar-refractivity contribution in [2.24, 2.45) is 7.05 Å². The average molecular weight is 328 g/mol. The van der Waals surface area contributed by atoms with E-state index in [1.54, 1.807) is 17.8 Å². The highest BCUT2D eigenvalue weighted by molar-refractivity contribution is 9.10. The van der Waals surface area contributed by atoms with Crippen LogP contribution in [0.1, 0.15) is 16.1 Å². The summed E-state index contributed by atoms with van der Waals surface area (Å²) in [4.78, 5) is 10.9. The molecule has 0 aliphatic carbocycles. The summed E-state index contributed by atoms with van der Waals surface area (Å²) in [6.45, 7) is 1.87. The molecule has 0 spiro atoms. The molecule has 0 amide bonds. The van der Waals surface area contributed by atoms with Gasteiger partial charge in [-0.1, -0.05) is 0 Å². The molecule has 7 heteroatoms. The minimum Gasteiger partial charge on any atom is -0.478 e. The third-order valence-electron chi connectivity index (χ3n) is 2.69. The van der Waals surface area contributed by atoms with Crippen LogP contribution in [0.2, 0.25) is 0 Å². The molecule has 19 heavy (non-hydrogen) atoms. The Morgan fingerprint density at radius 3 is 2.74 bits per heavy atom. The van der Waals surface area contributed by atoms with Crippen LogP contribution in [0.25, 0.3) is 0 Å². The highest BCUT2D eigenvalue weighted by atomic mass is 79.9. The van der Waals surface area contributed by atoms with Crippen molar-refractivity contribution in [3.8, 4) is 0 Å². The van der Waals surface area contributed by atoms with Gasteiger partial charge in [-0.2, -0.15) is 5.10 Å². The number of carboxylic acid groups (broad SMARTS) is 1. The first-order valence-electron chi connectivity index (χ1n) is 5.39. The fraction of sp³-hybridized carbons (Fsp3) is 0.167. The fourth-order valence-electron chi connectivity index (χ4n) is 1.57. The number of carboxylic acids is 1. The predicted octanol–water partition coefficient (Wildman–Crippen LogP) is 3.07. The molecule has 0 atom stereocenters. The fourth-order valence-corrected chi connectivity index (χ4v) is 2.09. The molecule has 0 aliphatic heterocycles. The summed E-state index contributed by atoms with van der Waals surface area (Å²) in [5.41, 5.74) is 0.958. The van der Waals surface area contributed by atoms with Crippen LogP contribution in [-0.4, -0.2) is 20.9 Å². The summed E-state index contributed by atoms with van der Waals surface area (Å²) in [6.07, 6.45) is 0. The lowest BCUT2D eigenvalue weighted by Crippen LogP contribution is -2.02. The van der Waals surface area contributed by atoms with Crippen LogP contribution in [-0.2, 0) is 7.05 Å². The molecule has 2 N–H and O–H groups in total. The molecule has 1 heterocycles. The van der Waals surface area contributed by atoms with E-state index in [0.29, 0.717) is 5.82 Å². The molecular formula is C12H11BrFN3O2. The van der Waals surface area contributed by atoms with Gasteiger partial charge in [-0.25, -0.2) is 9.18 Å². The van der Waals surface area contributed by atoms with Gasteiger partial charge in [0, 0.05) is 18.8 Å². The van der Waals surface area contributed by atoms with E-state index in [0.717, 1.165) is 5.69 Å². The molecule has 0 saturated heterocycles. The average Bonchev–Trinajstić information content (AvgIpc) is 2.64. The molecule has 2 rings (SSSR count). The van der Waals surface area contributed by atoms with Gasteiger partial charge >= 0.3 is 5.97 Å². The van der Waals surface area contributed by atoms with Crippen molar-refractivity contribution in [3.63, 3.8) is 0 Å². The van der Waals surface area contributed by atoms with E-state index in [1.807, 2.05) is 6.92 Å². The normalized spacial score (nSPS) is 10.5. The molecule has 1 aromatic carbocycles. The van der Waals surface area contributed by atoms with Crippen molar-refractivity contribution in [3.05, 3.63) is 39.7 Å². The van der Waals surface area contributed by atoms with E-state index < -0.39 is 11.8 Å². The Morgan fingerprint density at radius 1 is 1.53 bits per heavy atom. The molecule has 5 nitrogen and oxygen atoms in total. The van der Waals surface area contributed by atoms with E-state index in [-0.39, 0.29) is 15.7 Å². The van der Waals surface area contributed by atoms with E-state index in [4.69, 9.17) is 5.11 Å². The first-order valence-corrected chi connectivity index (χ1v) is 6.18. The molecule has 0 fully saturated rings. The lowest BCUT2D eigenvalue weighted by Gasteiger charge is -2.07. The zero-order valence-corrected chi connectivity index (χ0v) is 11.8. The second kappa shape index (κ2) is 5.00. The van der Waals surface area contributed by atoms with Gasteiger partial charge in [-0.15, -0.1) is 0 Å². The smallest absolute Gasteiger partial charge is 0.336 e. The van der Waals surface area contributed by atoms with Crippen LogP contribution in [0, 0.1) is 12.7 Å². The summed E-state index contributed by atoms with van der Waals surface area (Å²) in [5.74, 6) is -1.36. The minimum absolute atomic E-state index is 0.0855. The number of aromatic carboxylic acids is 1. The Labute approximate surface area is 117 Å². The zero-order chi connectivity index (χ0) is 14.2. The molecule has 1 aromatic heterocycles. The maximum Gasteiger partial charge on any atom is 0.336 e. The van der Waals surface area contributed by atoms with Crippen molar-refractivity contribution >= 4 is 33.4 Å². The number of carbonyl (C=O) groups is 1. The van der Waals surface area contributed by atoms with Crippen molar-refractivity contribution in [2.45, 2.75) is 6.92 Å². The highest BCUT2D eigenvalue weighted by Crippen LogP contribution is 2.29. The second-order valence-electron chi connectivity index (χ2n) is 4.01. The van der Waals surface area contributed by atoms with Gasteiger partial charge in [-0.05, 0) is 35.0 Å². The standard InChI is InChI=1S/C12H11BrFN3O2/c1-6-5-9(16-17(6)2)15-8-4-3-7(12(18)19)10(13)11(8)14/h3-5H,1-2H3,(H,15,16)(H,18,19). The summed E-state index contributed by atoms with van der Waals surface area (Å²) in [5, 5.41) is 15.8. The topological polar surface area (TPSA) is 67.2 Å². The van der Waals surface area contributed by atoms with Crippen LogP contribution < -0.4 is 5.32 Å². The van der Waals surface area contributed by atoms with E-state index in [2.05, 4.69) is 26.3 Å². The summed E-state index contributed by atoms with van der Waals surface area (Å²) < 4.78 is 15.6. The van der Waals surface area contributed by atoms with Crippen LogP contribution in [0.15, 0.2) is 22.7 Å². The van der Waals surface area contributed by atoms with Crippen LogP contribution >= 0.6 is 15.9 Å². The predicted molar refractivity (Wildman–Crippen MR) is 72.3 cm³/mol. The van der Waals surface area contributed by atoms with Gasteiger partial charge < -0.3 is 10.4 Å². The van der Waals surface area contributed by atoms with Gasteiger partial charge in [0.1, 0.15) is 0 Å². The van der Waals surface area contributed by atoms with Gasteiger partial charge in [0.2, 0.25) is 0 Å². The number of aryl methyl sites for hydroxylation is 2. The first kappa shape index (κ1) is 13.5. The number of anilines is 2. The number of hydrogen-bond acceptors (Lipinski definition) is 3. The van der Waals surface area contributed by atoms with E-state index >= 15 is 0 Å². The van der Waals surface area contributed by atoms with E-state index in [1.165, 1.54) is 12.1 Å². The quantitative estimate of drug-likeness (QED) is 0.909. The molecule has 0 aliphatic rings. The first-order chi connectivity index (χ1) is 8.90. The molecule has 0 unspecified atom stereocenters. The Balaban J connectivity index is 2.36. The lowest BCUT2D eigenvalue weighted by atomic mass is 10.2. The Morgan fingerprint density at radius 2 is 2.21 bits per heavy atom. The van der Waals surface area contributed by atoms with Crippen LogP contribution in [0.4, 0.5) is 15.9 Å². The highest BCUT2D eigenvalue weighted by Gasteiger charge is 2.16. The third-order valence-corrected chi connectivity index (χ3v) is 3.46. The van der Waals surface area contributed by atoms with Crippen molar-refractivity contribution in [1.82, 2.24) is 9.78 Å². The summed E-state index contributed by atoms with van der Waals surface area (Å²) in [7, 11) is 1.78. The third kappa shape index (κ3) is 2.60. The maximum atomic E-state index is 14.0. The Hall–Kier alpha value is -1.89. The Bertz CT molecular complexity index is 635. The number of aromatic nitrogens is 2. The van der Waals surface area contributed by atoms with Crippen molar-refractivity contribution in [1.29, 1.82) is 0 Å². The lowest BCUT2D eigenvalue weighted by molar-refractivity contribution is 0.0695. The number of rotatable bonds is 3. The Kier molecular flexibility index (Phi) is 3.57. The molecule has 0 bridgehead atoms. The SMILES string of the molecule is Cc1cc(Nc2ccc(C(=O)O)c(Br)c2F)nn1C. The summed E-state index contributed by atoms with van der Waals surface area (Å²) in [6, 6.07) is 4.46. The molecule has 2 aromatic rings. The molecule has 0 saturated carbocycles. The van der Waals surface area contributed by atoms with E-state index in [9.17, 15) is 9.18 Å². The number of nitrogens with one attached hydrogen (secondary N) is 1.